The second-order valence-corrected chi connectivity index (χ2v) is 5.16. The minimum Gasteiger partial charge on any atom is -0.496 e. The first-order chi connectivity index (χ1) is 10.6. The second kappa shape index (κ2) is 7.15. The summed E-state index contributed by atoms with van der Waals surface area (Å²) >= 11 is 6.01. The van der Waals surface area contributed by atoms with E-state index < -0.39 is 5.92 Å². The number of hydrogen-bond acceptors (Lipinski definition) is 3. The molecule has 0 saturated heterocycles. The molecule has 0 aliphatic carbocycles. The van der Waals surface area contributed by atoms with Crippen LogP contribution in [0.2, 0.25) is 5.02 Å². The SMILES string of the molecule is COc1ccc(F)cc1CC(C#N)c1cc(Cl)ccc1OC. The van der Waals surface area contributed by atoms with E-state index in [-0.39, 0.29) is 5.82 Å². The fourth-order valence-electron chi connectivity index (χ4n) is 2.33. The first-order valence-electron chi connectivity index (χ1n) is 6.64. The van der Waals surface area contributed by atoms with E-state index in [1.54, 1.807) is 24.3 Å². The molecule has 2 aromatic carbocycles. The van der Waals surface area contributed by atoms with Crippen LogP contribution in [0.4, 0.5) is 4.39 Å². The summed E-state index contributed by atoms with van der Waals surface area (Å²) in [6, 6.07) is 11.6. The Morgan fingerprint density at radius 1 is 1.14 bits per heavy atom. The van der Waals surface area contributed by atoms with Crippen molar-refractivity contribution in [3.8, 4) is 17.6 Å². The number of ether oxygens (including phenoxy) is 2. The smallest absolute Gasteiger partial charge is 0.123 e. The quantitative estimate of drug-likeness (QED) is 0.823. The van der Waals surface area contributed by atoms with Crippen molar-refractivity contribution in [2.75, 3.05) is 14.2 Å². The summed E-state index contributed by atoms with van der Waals surface area (Å²) in [5.41, 5.74) is 1.29. The fraction of sp³-hybridized carbons (Fsp3) is 0.235. The summed E-state index contributed by atoms with van der Waals surface area (Å²) in [5.74, 6) is 0.226. The second-order valence-electron chi connectivity index (χ2n) is 4.73. The number of nitriles is 1. The normalized spacial score (nSPS) is 11.6. The number of rotatable bonds is 5. The van der Waals surface area contributed by atoms with Gasteiger partial charge in [-0.1, -0.05) is 11.6 Å². The van der Waals surface area contributed by atoms with Gasteiger partial charge >= 0.3 is 0 Å². The van der Waals surface area contributed by atoms with Gasteiger partial charge < -0.3 is 9.47 Å². The van der Waals surface area contributed by atoms with Gasteiger partial charge in [0.15, 0.2) is 0 Å². The molecule has 2 rings (SSSR count). The summed E-state index contributed by atoms with van der Waals surface area (Å²) in [5, 5.41) is 10.0. The zero-order valence-electron chi connectivity index (χ0n) is 12.3. The third kappa shape index (κ3) is 3.49. The number of methoxy groups -OCH3 is 2. The lowest BCUT2D eigenvalue weighted by atomic mass is 9.92. The number of halogens is 2. The lowest BCUT2D eigenvalue weighted by molar-refractivity contribution is 0.403. The van der Waals surface area contributed by atoms with Gasteiger partial charge in [0.1, 0.15) is 17.3 Å². The Morgan fingerprint density at radius 2 is 1.82 bits per heavy atom. The van der Waals surface area contributed by atoms with E-state index in [0.29, 0.717) is 34.1 Å². The molecule has 0 aromatic heterocycles. The van der Waals surface area contributed by atoms with Crippen LogP contribution in [0.1, 0.15) is 17.0 Å². The maximum absolute atomic E-state index is 13.5. The van der Waals surface area contributed by atoms with Crippen molar-refractivity contribution in [1.29, 1.82) is 5.26 Å². The lowest BCUT2D eigenvalue weighted by Crippen LogP contribution is -2.05. The summed E-state index contributed by atoms with van der Waals surface area (Å²) in [6.07, 6.45) is 0.300. The molecule has 0 spiro atoms. The molecule has 0 fully saturated rings. The van der Waals surface area contributed by atoms with Gasteiger partial charge in [-0.15, -0.1) is 0 Å². The van der Waals surface area contributed by atoms with Crippen LogP contribution in [0.25, 0.3) is 0 Å². The Balaban J connectivity index is 2.41. The molecule has 0 saturated carbocycles. The minimum atomic E-state index is -0.524. The van der Waals surface area contributed by atoms with E-state index in [0.717, 1.165) is 0 Å². The average molecular weight is 320 g/mol. The highest BCUT2D eigenvalue weighted by Gasteiger charge is 2.19. The summed E-state index contributed by atoms with van der Waals surface area (Å²) in [7, 11) is 3.04. The van der Waals surface area contributed by atoms with Crippen molar-refractivity contribution < 1.29 is 13.9 Å². The number of hydrogen-bond donors (Lipinski definition) is 0. The van der Waals surface area contributed by atoms with Crippen molar-refractivity contribution in [2.45, 2.75) is 12.3 Å². The molecule has 0 amide bonds. The van der Waals surface area contributed by atoms with Crippen molar-refractivity contribution in [3.05, 3.63) is 58.4 Å². The number of benzene rings is 2. The predicted molar refractivity (Wildman–Crippen MR) is 83.0 cm³/mol. The molecule has 114 valence electrons. The summed E-state index contributed by atoms with van der Waals surface area (Å²) in [6.45, 7) is 0. The van der Waals surface area contributed by atoms with E-state index >= 15 is 0 Å². The van der Waals surface area contributed by atoms with Gasteiger partial charge in [0.05, 0.1) is 26.2 Å². The Morgan fingerprint density at radius 3 is 2.45 bits per heavy atom. The Labute approximate surface area is 133 Å². The molecule has 0 aliphatic heterocycles. The van der Waals surface area contributed by atoms with Crippen molar-refractivity contribution in [1.82, 2.24) is 0 Å². The molecule has 0 heterocycles. The highest BCUT2D eigenvalue weighted by atomic mass is 35.5. The monoisotopic (exact) mass is 319 g/mol. The summed E-state index contributed by atoms with van der Waals surface area (Å²) in [4.78, 5) is 0. The minimum absolute atomic E-state index is 0.300. The Hall–Kier alpha value is -2.25. The van der Waals surface area contributed by atoms with Gasteiger partial charge in [0, 0.05) is 10.6 Å². The summed E-state index contributed by atoms with van der Waals surface area (Å²) < 4.78 is 24.0. The van der Waals surface area contributed by atoms with E-state index in [1.807, 2.05) is 0 Å². The van der Waals surface area contributed by atoms with Crippen LogP contribution in [-0.2, 0) is 6.42 Å². The van der Waals surface area contributed by atoms with E-state index in [4.69, 9.17) is 21.1 Å². The van der Waals surface area contributed by atoms with Gasteiger partial charge in [-0.25, -0.2) is 4.39 Å². The van der Waals surface area contributed by atoms with Crippen LogP contribution < -0.4 is 9.47 Å². The van der Waals surface area contributed by atoms with Gasteiger partial charge in [-0.2, -0.15) is 5.26 Å². The molecule has 1 atom stereocenters. The Bertz CT molecular complexity index is 712. The third-order valence-corrected chi connectivity index (χ3v) is 3.62. The molecule has 5 heteroatoms. The van der Waals surface area contributed by atoms with Crippen molar-refractivity contribution in [2.24, 2.45) is 0 Å². The van der Waals surface area contributed by atoms with Crippen LogP contribution in [0, 0.1) is 17.1 Å². The average Bonchev–Trinajstić information content (AvgIpc) is 2.52. The lowest BCUT2D eigenvalue weighted by Gasteiger charge is -2.16. The molecule has 0 bridgehead atoms. The maximum atomic E-state index is 13.5. The van der Waals surface area contributed by atoms with E-state index in [1.165, 1.54) is 26.4 Å². The molecular formula is C17H15ClFNO2. The van der Waals surface area contributed by atoms with Crippen molar-refractivity contribution in [3.63, 3.8) is 0 Å². The number of nitrogens with zero attached hydrogens (tertiary/aromatic N) is 1. The molecule has 2 aromatic rings. The van der Waals surface area contributed by atoms with Crippen LogP contribution >= 0.6 is 11.6 Å². The van der Waals surface area contributed by atoms with E-state index in [2.05, 4.69) is 6.07 Å². The van der Waals surface area contributed by atoms with Gasteiger partial charge in [0.2, 0.25) is 0 Å². The topological polar surface area (TPSA) is 42.2 Å². The Kier molecular flexibility index (Phi) is 5.24. The predicted octanol–water partition coefficient (Wildman–Crippen LogP) is 4.35. The van der Waals surface area contributed by atoms with E-state index in [9.17, 15) is 9.65 Å². The first-order valence-corrected chi connectivity index (χ1v) is 7.02. The standard InChI is InChI=1S/C17H15ClFNO2/c1-21-16-6-4-14(19)8-11(16)7-12(10-20)15-9-13(18)3-5-17(15)22-2/h3-6,8-9,12H,7H2,1-2H3. The highest BCUT2D eigenvalue weighted by molar-refractivity contribution is 6.30. The molecule has 0 aliphatic rings. The van der Waals surface area contributed by atoms with Gasteiger partial charge in [-0.3, -0.25) is 0 Å². The third-order valence-electron chi connectivity index (χ3n) is 3.39. The molecule has 22 heavy (non-hydrogen) atoms. The van der Waals surface area contributed by atoms with Gasteiger partial charge in [-0.05, 0) is 48.4 Å². The van der Waals surface area contributed by atoms with Crippen LogP contribution in [0.15, 0.2) is 36.4 Å². The zero-order chi connectivity index (χ0) is 16.1. The first kappa shape index (κ1) is 16.1. The molecule has 0 N–H and O–H groups in total. The van der Waals surface area contributed by atoms with Gasteiger partial charge in [0.25, 0.3) is 0 Å². The largest absolute Gasteiger partial charge is 0.496 e. The maximum Gasteiger partial charge on any atom is 0.123 e. The van der Waals surface area contributed by atoms with Crippen molar-refractivity contribution >= 4 is 11.6 Å². The zero-order valence-corrected chi connectivity index (χ0v) is 13.0. The molecule has 3 nitrogen and oxygen atoms in total. The van der Waals surface area contributed by atoms with Crippen LogP contribution in [0.5, 0.6) is 11.5 Å². The molecule has 1 unspecified atom stereocenters. The van der Waals surface area contributed by atoms with Crippen LogP contribution in [0.3, 0.4) is 0 Å². The van der Waals surface area contributed by atoms with Crippen LogP contribution in [-0.4, -0.2) is 14.2 Å². The fourth-order valence-corrected chi connectivity index (χ4v) is 2.51. The molecule has 0 radical (unpaired) electrons. The highest BCUT2D eigenvalue weighted by Crippen LogP contribution is 2.33. The molecular weight excluding hydrogens is 305 g/mol.